The highest BCUT2D eigenvalue weighted by molar-refractivity contribution is 6.37. The first-order chi connectivity index (χ1) is 12.5. The Kier molecular flexibility index (Phi) is 5.00. The lowest BCUT2D eigenvalue weighted by atomic mass is 10.0. The molecule has 134 valence electrons. The molecule has 0 spiro atoms. The number of halogens is 1. The Labute approximate surface area is 157 Å². The van der Waals surface area contributed by atoms with Crippen LogP contribution in [-0.2, 0) is 9.59 Å². The van der Waals surface area contributed by atoms with Gasteiger partial charge < -0.3 is 10.1 Å². The lowest BCUT2D eigenvalue weighted by Gasteiger charge is -2.13. The standard InChI is InChI=1S/C20H19ClN2O3/c1-4-23-19(24)17(14-7-5-6-8-16(14)26-3)18(20(23)25)22-15-11-13(21)10-9-12(15)2/h5-11,22H,4H2,1-3H3. The van der Waals surface area contributed by atoms with E-state index in [0.717, 1.165) is 5.56 Å². The molecule has 1 heterocycles. The van der Waals surface area contributed by atoms with Crippen LogP contribution in [-0.4, -0.2) is 30.4 Å². The molecule has 2 aromatic rings. The third-order valence-electron chi connectivity index (χ3n) is 4.32. The van der Waals surface area contributed by atoms with Crippen LogP contribution in [0.2, 0.25) is 5.02 Å². The van der Waals surface area contributed by atoms with Gasteiger partial charge in [-0.05, 0) is 37.6 Å². The number of methoxy groups -OCH3 is 1. The summed E-state index contributed by atoms with van der Waals surface area (Å²) in [5, 5.41) is 3.67. The minimum Gasteiger partial charge on any atom is -0.496 e. The Morgan fingerprint density at radius 3 is 2.54 bits per heavy atom. The van der Waals surface area contributed by atoms with Crippen molar-refractivity contribution in [3.63, 3.8) is 0 Å². The molecule has 1 N–H and O–H groups in total. The summed E-state index contributed by atoms with van der Waals surface area (Å²) in [6, 6.07) is 12.5. The molecule has 3 rings (SSSR count). The Hall–Kier alpha value is -2.79. The molecule has 0 aliphatic carbocycles. The largest absolute Gasteiger partial charge is 0.496 e. The van der Waals surface area contributed by atoms with Gasteiger partial charge in [0.15, 0.2) is 0 Å². The number of nitrogens with one attached hydrogen (secondary N) is 1. The molecule has 6 heteroatoms. The molecule has 0 atom stereocenters. The van der Waals surface area contributed by atoms with Crippen molar-refractivity contribution in [2.45, 2.75) is 13.8 Å². The third kappa shape index (κ3) is 3.06. The summed E-state index contributed by atoms with van der Waals surface area (Å²) in [5.74, 6) is -0.175. The van der Waals surface area contributed by atoms with Crippen molar-refractivity contribution >= 4 is 34.7 Å². The summed E-state index contributed by atoms with van der Waals surface area (Å²) < 4.78 is 5.39. The number of aryl methyl sites for hydroxylation is 1. The molecule has 0 unspecified atom stereocenters. The summed E-state index contributed by atoms with van der Waals surface area (Å²) in [7, 11) is 1.53. The van der Waals surface area contributed by atoms with E-state index in [1.165, 1.54) is 12.0 Å². The van der Waals surface area contributed by atoms with Crippen LogP contribution in [0, 0.1) is 6.92 Å². The molecule has 1 aliphatic heterocycles. The lowest BCUT2D eigenvalue weighted by Crippen LogP contribution is -2.32. The topological polar surface area (TPSA) is 58.6 Å². The number of likely N-dealkylation sites (N-methyl/N-ethyl adjacent to an activating group) is 1. The molecule has 0 radical (unpaired) electrons. The zero-order chi connectivity index (χ0) is 18.8. The van der Waals surface area contributed by atoms with Gasteiger partial charge in [-0.1, -0.05) is 35.9 Å². The van der Waals surface area contributed by atoms with Gasteiger partial charge in [0.05, 0.1) is 12.7 Å². The van der Waals surface area contributed by atoms with E-state index in [1.54, 1.807) is 37.3 Å². The summed E-state index contributed by atoms with van der Waals surface area (Å²) >= 11 is 6.09. The number of carbonyl (C=O) groups is 2. The Balaban J connectivity index is 2.18. The highest BCUT2D eigenvalue weighted by atomic mass is 35.5. The van der Waals surface area contributed by atoms with Gasteiger partial charge in [-0.3, -0.25) is 14.5 Å². The highest BCUT2D eigenvalue weighted by Gasteiger charge is 2.39. The molecule has 1 aliphatic rings. The fourth-order valence-electron chi connectivity index (χ4n) is 2.94. The van der Waals surface area contributed by atoms with Gasteiger partial charge >= 0.3 is 0 Å². The number of imide groups is 1. The number of hydrogen-bond acceptors (Lipinski definition) is 4. The smallest absolute Gasteiger partial charge is 0.278 e. The first-order valence-corrected chi connectivity index (χ1v) is 8.62. The number of benzene rings is 2. The Morgan fingerprint density at radius 1 is 1.12 bits per heavy atom. The van der Waals surface area contributed by atoms with Crippen molar-refractivity contribution in [2.24, 2.45) is 0 Å². The van der Waals surface area contributed by atoms with Gasteiger partial charge in [0.2, 0.25) is 0 Å². The van der Waals surface area contributed by atoms with E-state index in [4.69, 9.17) is 16.3 Å². The summed E-state index contributed by atoms with van der Waals surface area (Å²) in [6.07, 6.45) is 0. The first-order valence-electron chi connectivity index (χ1n) is 8.25. The van der Waals surface area contributed by atoms with Crippen LogP contribution >= 0.6 is 11.6 Å². The molecule has 5 nitrogen and oxygen atoms in total. The van der Waals surface area contributed by atoms with Crippen LogP contribution < -0.4 is 10.1 Å². The minimum atomic E-state index is -0.363. The van der Waals surface area contributed by atoms with E-state index in [9.17, 15) is 9.59 Å². The number of rotatable bonds is 5. The van der Waals surface area contributed by atoms with E-state index in [0.29, 0.717) is 27.6 Å². The van der Waals surface area contributed by atoms with Crippen LogP contribution in [0.25, 0.3) is 5.57 Å². The third-order valence-corrected chi connectivity index (χ3v) is 4.55. The van der Waals surface area contributed by atoms with E-state index < -0.39 is 0 Å². The van der Waals surface area contributed by atoms with Crippen LogP contribution in [0.3, 0.4) is 0 Å². The van der Waals surface area contributed by atoms with Crippen molar-refractivity contribution in [3.8, 4) is 5.75 Å². The SMILES string of the molecule is CCN1C(=O)C(Nc2cc(Cl)ccc2C)=C(c2ccccc2OC)C1=O. The van der Waals surface area contributed by atoms with Gasteiger partial charge in [0.25, 0.3) is 11.8 Å². The van der Waals surface area contributed by atoms with Crippen molar-refractivity contribution in [1.29, 1.82) is 0 Å². The van der Waals surface area contributed by atoms with Crippen molar-refractivity contribution < 1.29 is 14.3 Å². The molecule has 26 heavy (non-hydrogen) atoms. The predicted octanol–water partition coefficient (Wildman–Crippen LogP) is 3.87. The highest BCUT2D eigenvalue weighted by Crippen LogP contribution is 2.35. The second-order valence-corrected chi connectivity index (χ2v) is 6.33. The maximum Gasteiger partial charge on any atom is 0.278 e. The van der Waals surface area contributed by atoms with Gasteiger partial charge in [0, 0.05) is 22.8 Å². The average Bonchev–Trinajstić information content (AvgIpc) is 2.87. The van der Waals surface area contributed by atoms with Crippen molar-refractivity contribution in [1.82, 2.24) is 4.90 Å². The number of hydrogen-bond donors (Lipinski definition) is 1. The van der Waals surface area contributed by atoms with Crippen LogP contribution in [0.4, 0.5) is 5.69 Å². The maximum atomic E-state index is 12.9. The normalized spacial score (nSPS) is 14.2. The molecule has 2 amide bonds. The number of carbonyl (C=O) groups excluding carboxylic acids is 2. The number of anilines is 1. The fourth-order valence-corrected chi connectivity index (χ4v) is 3.12. The second kappa shape index (κ2) is 7.22. The molecule has 0 bridgehead atoms. The van der Waals surface area contributed by atoms with Gasteiger partial charge in [0.1, 0.15) is 11.4 Å². The Morgan fingerprint density at radius 2 is 1.85 bits per heavy atom. The number of ether oxygens (including phenoxy) is 1. The van der Waals surface area contributed by atoms with Crippen LogP contribution in [0.5, 0.6) is 5.75 Å². The minimum absolute atomic E-state index is 0.228. The van der Waals surface area contributed by atoms with Gasteiger partial charge in [-0.25, -0.2) is 0 Å². The van der Waals surface area contributed by atoms with E-state index in [-0.39, 0.29) is 24.1 Å². The first kappa shape index (κ1) is 18.0. The van der Waals surface area contributed by atoms with Gasteiger partial charge in [-0.2, -0.15) is 0 Å². The fraction of sp³-hybridized carbons (Fsp3) is 0.200. The predicted molar refractivity (Wildman–Crippen MR) is 102 cm³/mol. The van der Waals surface area contributed by atoms with Crippen LogP contribution in [0.1, 0.15) is 18.1 Å². The molecule has 0 saturated heterocycles. The second-order valence-electron chi connectivity index (χ2n) is 5.89. The van der Waals surface area contributed by atoms with Crippen LogP contribution in [0.15, 0.2) is 48.2 Å². The molecule has 2 aromatic carbocycles. The quantitative estimate of drug-likeness (QED) is 0.812. The molecular formula is C20H19ClN2O3. The zero-order valence-electron chi connectivity index (χ0n) is 14.8. The molecular weight excluding hydrogens is 352 g/mol. The summed E-state index contributed by atoms with van der Waals surface area (Å²) in [6.45, 7) is 3.96. The number of nitrogens with zero attached hydrogens (tertiary/aromatic N) is 1. The Bertz CT molecular complexity index is 921. The van der Waals surface area contributed by atoms with E-state index in [2.05, 4.69) is 5.32 Å². The monoisotopic (exact) mass is 370 g/mol. The molecule has 0 fully saturated rings. The summed E-state index contributed by atoms with van der Waals surface area (Å²) in [4.78, 5) is 26.9. The zero-order valence-corrected chi connectivity index (χ0v) is 15.6. The number of para-hydroxylation sites is 1. The van der Waals surface area contributed by atoms with Crippen molar-refractivity contribution in [2.75, 3.05) is 19.0 Å². The van der Waals surface area contributed by atoms with E-state index in [1.807, 2.05) is 19.1 Å². The van der Waals surface area contributed by atoms with Gasteiger partial charge in [-0.15, -0.1) is 0 Å². The van der Waals surface area contributed by atoms with Crippen molar-refractivity contribution in [3.05, 3.63) is 64.3 Å². The average molecular weight is 371 g/mol. The summed E-state index contributed by atoms with van der Waals surface area (Å²) in [5.41, 5.74) is 2.70. The molecule has 0 aromatic heterocycles. The maximum absolute atomic E-state index is 12.9. The number of amides is 2. The molecule has 0 saturated carbocycles. The van der Waals surface area contributed by atoms with E-state index >= 15 is 0 Å². The lowest BCUT2D eigenvalue weighted by molar-refractivity contribution is -0.136.